The van der Waals surface area contributed by atoms with Gasteiger partial charge in [0.25, 0.3) is 0 Å². The number of nitrogens with two attached hydrogens (primary N) is 1. The van der Waals surface area contributed by atoms with E-state index in [-0.39, 0.29) is 35.6 Å². The summed E-state index contributed by atoms with van der Waals surface area (Å²) in [6.45, 7) is 9.67. The SMILES string of the molecule is CC(C)[C@@H](N)C(=O)N1CC[C@@H]2O[C@@H]3c4cc(Cl)ccc4OC(C)(C)[C@H]3C[C@@H]2C1. The minimum Gasteiger partial charge on any atom is -0.487 e. The van der Waals surface area contributed by atoms with E-state index in [1.54, 1.807) is 0 Å². The molecule has 1 aromatic carbocycles. The van der Waals surface area contributed by atoms with Gasteiger partial charge in [-0.15, -0.1) is 0 Å². The molecule has 0 bridgehead atoms. The van der Waals surface area contributed by atoms with Crippen molar-refractivity contribution in [3.8, 4) is 5.75 Å². The lowest BCUT2D eigenvalue weighted by molar-refractivity contribution is -0.189. The van der Waals surface area contributed by atoms with Crippen LogP contribution in [0, 0.1) is 17.8 Å². The molecule has 3 heterocycles. The van der Waals surface area contributed by atoms with Crippen LogP contribution >= 0.6 is 11.6 Å². The Kier molecular flexibility index (Phi) is 5.13. The van der Waals surface area contributed by atoms with Crippen LogP contribution in [0.4, 0.5) is 0 Å². The highest BCUT2D eigenvalue weighted by Crippen LogP contribution is 2.53. The maximum atomic E-state index is 12.7. The lowest BCUT2D eigenvalue weighted by Crippen LogP contribution is -2.58. The molecule has 1 amide bonds. The van der Waals surface area contributed by atoms with Crippen molar-refractivity contribution in [1.29, 1.82) is 0 Å². The first kappa shape index (κ1) is 20.0. The van der Waals surface area contributed by atoms with Crippen molar-refractivity contribution < 1.29 is 14.3 Å². The van der Waals surface area contributed by atoms with Crippen molar-refractivity contribution in [2.75, 3.05) is 13.1 Å². The maximum absolute atomic E-state index is 12.7. The topological polar surface area (TPSA) is 64.8 Å². The zero-order valence-electron chi connectivity index (χ0n) is 17.2. The molecular formula is C22H31ClN2O3. The molecule has 3 aliphatic rings. The monoisotopic (exact) mass is 406 g/mol. The van der Waals surface area contributed by atoms with E-state index in [1.165, 1.54) is 0 Å². The molecule has 5 atom stereocenters. The third-order valence-electron chi connectivity index (χ3n) is 6.77. The summed E-state index contributed by atoms with van der Waals surface area (Å²) in [6, 6.07) is 5.35. The van der Waals surface area contributed by atoms with Crippen LogP contribution in [0.5, 0.6) is 5.75 Å². The number of hydrogen-bond donors (Lipinski definition) is 1. The Morgan fingerprint density at radius 3 is 2.82 bits per heavy atom. The molecule has 0 saturated carbocycles. The first-order chi connectivity index (χ1) is 13.2. The second kappa shape index (κ2) is 7.19. The first-order valence-corrected chi connectivity index (χ1v) is 10.7. The summed E-state index contributed by atoms with van der Waals surface area (Å²) in [6.07, 6.45) is 1.96. The van der Waals surface area contributed by atoms with Gasteiger partial charge in [-0.1, -0.05) is 25.4 Å². The summed E-state index contributed by atoms with van der Waals surface area (Å²) >= 11 is 6.26. The number of rotatable bonds is 2. The molecule has 154 valence electrons. The third-order valence-corrected chi connectivity index (χ3v) is 7.00. The fourth-order valence-electron chi connectivity index (χ4n) is 4.98. The minimum absolute atomic E-state index is 0.0149. The molecule has 0 radical (unpaired) electrons. The van der Waals surface area contributed by atoms with Gasteiger partial charge in [0.15, 0.2) is 0 Å². The van der Waals surface area contributed by atoms with Gasteiger partial charge in [0, 0.05) is 35.5 Å². The van der Waals surface area contributed by atoms with Crippen LogP contribution < -0.4 is 10.5 Å². The van der Waals surface area contributed by atoms with E-state index in [0.717, 1.165) is 24.2 Å². The van der Waals surface area contributed by atoms with Gasteiger partial charge < -0.3 is 20.1 Å². The summed E-state index contributed by atoms with van der Waals surface area (Å²) in [7, 11) is 0. The number of fused-ring (bicyclic) bond motifs is 4. The number of ether oxygens (including phenoxy) is 2. The normalized spacial score (nSPS) is 32.0. The summed E-state index contributed by atoms with van der Waals surface area (Å²) in [4.78, 5) is 14.7. The standard InChI is InChI=1S/C22H31ClN2O3/c1-12(2)19(24)21(26)25-8-7-17-13(11-25)9-16-20(27-17)15-10-14(23)5-6-18(15)28-22(16,3)4/h5-6,10,12-13,16-17,19-20H,7-9,11,24H2,1-4H3/t13-,16+,17+,19-,20-/m1/s1. The molecule has 4 rings (SSSR count). The van der Waals surface area contributed by atoms with E-state index in [9.17, 15) is 4.79 Å². The van der Waals surface area contributed by atoms with E-state index in [2.05, 4.69) is 13.8 Å². The van der Waals surface area contributed by atoms with Gasteiger partial charge in [-0.25, -0.2) is 0 Å². The van der Waals surface area contributed by atoms with Crippen molar-refractivity contribution in [3.63, 3.8) is 0 Å². The number of halogens is 1. The number of nitrogens with zero attached hydrogens (tertiary/aromatic N) is 1. The van der Waals surface area contributed by atoms with E-state index >= 15 is 0 Å². The molecule has 2 fully saturated rings. The number of likely N-dealkylation sites (tertiary alicyclic amines) is 1. The van der Waals surface area contributed by atoms with Crippen LogP contribution in [0.2, 0.25) is 5.02 Å². The van der Waals surface area contributed by atoms with Crippen LogP contribution in [0.3, 0.4) is 0 Å². The average Bonchev–Trinajstić information content (AvgIpc) is 2.65. The zero-order valence-corrected chi connectivity index (χ0v) is 17.9. The second-order valence-corrected chi connectivity index (χ2v) is 9.86. The summed E-state index contributed by atoms with van der Waals surface area (Å²) in [5.41, 5.74) is 6.84. The number of carbonyl (C=O) groups is 1. The Balaban J connectivity index is 1.56. The Morgan fingerprint density at radius 2 is 2.11 bits per heavy atom. The van der Waals surface area contributed by atoms with Crippen molar-refractivity contribution in [3.05, 3.63) is 28.8 Å². The van der Waals surface area contributed by atoms with Crippen molar-refractivity contribution >= 4 is 17.5 Å². The maximum Gasteiger partial charge on any atom is 0.239 e. The Bertz CT molecular complexity index is 766. The molecule has 0 spiro atoms. The third kappa shape index (κ3) is 3.42. The highest BCUT2D eigenvalue weighted by molar-refractivity contribution is 6.30. The highest BCUT2D eigenvalue weighted by Gasteiger charge is 2.51. The predicted octanol–water partition coefficient (Wildman–Crippen LogP) is 3.79. The molecule has 2 saturated heterocycles. The van der Waals surface area contributed by atoms with Crippen LogP contribution in [0.15, 0.2) is 18.2 Å². The summed E-state index contributed by atoms with van der Waals surface area (Å²) in [5, 5.41) is 0.703. The van der Waals surface area contributed by atoms with Gasteiger partial charge >= 0.3 is 0 Å². The van der Waals surface area contributed by atoms with Crippen LogP contribution in [0.25, 0.3) is 0 Å². The molecule has 0 unspecified atom stereocenters. The Hall–Kier alpha value is -1.30. The number of hydrogen-bond acceptors (Lipinski definition) is 4. The molecule has 0 aromatic heterocycles. The number of piperidine rings is 1. The van der Waals surface area contributed by atoms with Crippen molar-refractivity contribution in [2.45, 2.75) is 64.4 Å². The number of carbonyl (C=O) groups excluding carboxylic acids is 1. The molecule has 2 N–H and O–H groups in total. The second-order valence-electron chi connectivity index (χ2n) is 9.43. The Labute approximate surface area is 172 Å². The largest absolute Gasteiger partial charge is 0.487 e. The minimum atomic E-state index is -0.433. The summed E-state index contributed by atoms with van der Waals surface area (Å²) < 4.78 is 13.0. The van der Waals surface area contributed by atoms with Crippen molar-refractivity contribution in [1.82, 2.24) is 4.90 Å². The zero-order chi connectivity index (χ0) is 20.2. The molecule has 1 aromatic rings. The Morgan fingerprint density at radius 1 is 1.36 bits per heavy atom. The van der Waals surface area contributed by atoms with Crippen molar-refractivity contribution in [2.24, 2.45) is 23.5 Å². The van der Waals surface area contributed by atoms with Crippen LogP contribution in [-0.4, -0.2) is 41.6 Å². The molecule has 28 heavy (non-hydrogen) atoms. The molecule has 3 aliphatic heterocycles. The number of benzene rings is 1. The van der Waals surface area contributed by atoms with Gasteiger partial charge in [0.1, 0.15) is 11.4 Å². The van der Waals surface area contributed by atoms with Gasteiger partial charge in [0.2, 0.25) is 5.91 Å². The lowest BCUT2D eigenvalue weighted by Gasteiger charge is -2.53. The molecule has 0 aliphatic carbocycles. The van der Waals surface area contributed by atoms with Crippen LogP contribution in [0.1, 0.15) is 52.2 Å². The van der Waals surface area contributed by atoms with E-state index in [4.69, 9.17) is 26.8 Å². The summed E-state index contributed by atoms with van der Waals surface area (Å²) in [5.74, 6) is 1.59. The predicted molar refractivity (Wildman–Crippen MR) is 109 cm³/mol. The molecular weight excluding hydrogens is 376 g/mol. The quantitative estimate of drug-likeness (QED) is 0.811. The highest BCUT2D eigenvalue weighted by atomic mass is 35.5. The number of amides is 1. The van der Waals surface area contributed by atoms with E-state index in [1.807, 2.05) is 36.9 Å². The van der Waals surface area contributed by atoms with Gasteiger partial charge in [0.05, 0.1) is 18.2 Å². The molecule has 5 nitrogen and oxygen atoms in total. The first-order valence-electron chi connectivity index (χ1n) is 10.4. The van der Waals surface area contributed by atoms with E-state index < -0.39 is 6.04 Å². The fourth-order valence-corrected chi connectivity index (χ4v) is 5.16. The van der Waals surface area contributed by atoms with Gasteiger partial charge in [-0.05, 0) is 50.8 Å². The smallest absolute Gasteiger partial charge is 0.239 e. The average molecular weight is 407 g/mol. The van der Waals surface area contributed by atoms with Gasteiger partial charge in [-0.3, -0.25) is 4.79 Å². The van der Waals surface area contributed by atoms with Gasteiger partial charge in [-0.2, -0.15) is 0 Å². The lowest BCUT2D eigenvalue weighted by atomic mass is 9.70. The molecule has 6 heteroatoms. The fraction of sp³-hybridized carbons (Fsp3) is 0.682. The van der Waals surface area contributed by atoms with E-state index in [0.29, 0.717) is 24.0 Å². The van der Waals surface area contributed by atoms with Crippen LogP contribution in [-0.2, 0) is 9.53 Å².